The molecule has 0 saturated carbocycles. The number of aromatic nitrogens is 4. The lowest BCUT2D eigenvalue weighted by atomic mass is 10.2. The van der Waals surface area contributed by atoms with Crippen molar-refractivity contribution in [2.75, 3.05) is 48.4 Å². The zero-order chi connectivity index (χ0) is 21.2. The highest BCUT2D eigenvalue weighted by Gasteiger charge is 2.21. The molecular formula is C23H25N7O. The van der Waals surface area contributed by atoms with Gasteiger partial charge in [-0.25, -0.2) is 0 Å². The van der Waals surface area contributed by atoms with Crippen LogP contribution in [-0.4, -0.2) is 53.5 Å². The van der Waals surface area contributed by atoms with Crippen LogP contribution in [0.2, 0.25) is 0 Å². The van der Waals surface area contributed by atoms with Crippen LogP contribution in [0, 0.1) is 6.92 Å². The number of aromatic amines is 1. The summed E-state index contributed by atoms with van der Waals surface area (Å²) in [5.74, 6) is 2.34. The quantitative estimate of drug-likeness (QED) is 0.514. The SMILES string of the molecule is COc1ccc(N2CCN(c3nc(Nc4ccc(C)cc4)c4cn[nH]c4n3)CC2)cc1. The molecule has 0 amide bonds. The van der Waals surface area contributed by atoms with Crippen LogP contribution in [0.3, 0.4) is 0 Å². The minimum atomic E-state index is 0.709. The van der Waals surface area contributed by atoms with Crippen LogP contribution in [-0.2, 0) is 0 Å². The van der Waals surface area contributed by atoms with Gasteiger partial charge in [-0.05, 0) is 43.3 Å². The van der Waals surface area contributed by atoms with Crippen LogP contribution in [0.15, 0.2) is 54.7 Å². The van der Waals surface area contributed by atoms with E-state index in [0.29, 0.717) is 5.95 Å². The third-order valence-corrected chi connectivity index (χ3v) is 5.61. The lowest BCUT2D eigenvalue weighted by Gasteiger charge is -2.36. The van der Waals surface area contributed by atoms with Gasteiger partial charge in [-0.2, -0.15) is 15.1 Å². The van der Waals surface area contributed by atoms with E-state index in [9.17, 15) is 0 Å². The first kappa shape index (κ1) is 19.2. The summed E-state index contributed by atoms with van der Waals surface area (Å²) >= 11 is 0. The molecular weight excluding hydrogens is 390 g/mol. The summed E-state index contributed by atoms with van der Waals surface area (Å²) in [7, 11) is 1.69. The van der Waals surface area contributed by atoms with Gasteiger partial charge in [-0.15, -0.1) is 0 Å². The van der Waals surface area contributed by atoms with Gasteiger partial charge < -0.3 is 19.9 Å². The number of H-pyrrole nitrogens is 1. The van der Waals surface area contributed by atoms with Crippen LogP contribution in [0.1, 0.15) is 5.56 Å². The number of aryl methyl sites for hydroxylation is 1. The monoisotopic (exact) mass is 415 g/mol. The number of nitrogens with zero attached hydrogens (tertiary/aromatic N) is 5. The standard InChI is InChI=1S/C23H25N7O/c1-16-3-5-17(6-4-16)25-21-20-15-24-28-22(20)27-23(26-21)30-13-11-29(12-14-30)18-7-9-19(31-2)10-8-18/h3-10,15H,11-14H2,1-2H3,(H2,24,25,26,27,28). The average molecular weight is 416 g/mol. The van der Waals surface area contributed by atoms with Gasteiger partial charge in [0.15, 0.2) is 5.65 Å². The summed E-state index contributed by atoms with van der Waals surface area (Å²) in [6, 6.07) is 16.5. The lowest BCUT2D eigenvalue weighted by Crippen LogP contribution is -2.47. The summed E-state index contributed by atoms with van der Waals surface area (Å²) in [6.07, 6.45) is 1.76. The number of rotatable bonds is 5. The van der Waals surface area contributed by atoms with Gasteiger partial charge in [0.25, 0.3) is 0 Å². The van der Waals surface area contributed by atoms with Crippen LogP contribution in [0.4, 0.5) is 23.1 Å². The number of hydrogen-bond donors (Lipinski definition) is 2. The molecule has 0 radical (unpaired) electrons. The molecule has 1 aliphatic rings. The maximum Gasteiger partial charge on any atom is 0.229 e. The third-order valence-electron chi connectivity index (χ3n) is 5.61. The van der Waals surface area contributed by atoms with Crippen molar-refractivity contribution >= 4 is 34.2 Å². The second kappa shape index (κ2) is 8.14. The maximum absolute atomic E-state index is 5.26. The Bertz CT molecular complexity index is 1160. The van der Waals surface area contributed by atoms with Crippen LogP contribution < -0.4 is 19.9 Å². The van der Waals surface area contributed by atoms with Gasteiger partial charge in [0.2, 0.25) is 5.95 Å². The van der Waals surface area contributed by atoms with Crippen LogP contribution in [0.25, 0.3) is 11.0 Å². The molecule has 31 heavy (non-hydrogen) atoms. The second-order valence-electron chi connectivity index (χ2n) is 7.67. The summed E-state index contributed by atoms with van der Waals surface area (Å²) < 4.78 is 5.26. The number of fused-ring (bicyclic) bond motifs is 1. The molecule has 5 rings (SSSR count). The van der Waals surface area contributed by atoms with E-state index < -0.39 is 0 Å². The normalized spacial score (nSPS) is 14.1. The number of anilines is 4. The van der Waals surface area contributed by atoms with E-state index in [1.807, 2.05) is 12.1 Å². The van der Waals surface area contributed by atoms with Crippen molar-refractivity contribution in [2.45, 2.75) is 6.92 Å². The molecule has 2 aromatic heterocycles. The molecule has 0 aliphatic carbocycles. The smallest absolute Gasteiger partial charge is 0.229 e. The molecule has 4 aromatic rings. The first-order valence-corrected chi connectivity index (χ1v) is 10.4. The number of ether oxygens (including phenoxy) is 1. The molecule has 1 aliphatic heterocycles. The predicted molar refractivity (Wildman–Crippen MR) is 124 cm³/mol. The number of nitrogens with one attached hydrogen (secondary N) is 2. The van der Waals surface area contributed by atoms with Gasteiger partial charge in [0.1, 0.15) is 11.6 Å². The molecule has 3 heterocycles. The molecule has 1 fully saturated rings. The number of hydrogen-bond acceptors (Lipinski definition) is 7. The van der Waals surface area contributed by atoms with Crippen molar-refractivity contribution < 1.29 is 4.74 Å². The summed E-state index contributed by atoms with van der Waals surface area (Å²) in [4.78, 5) is 14.2. The number of methoxy groups -OCH3 is 1. The molecule has 0 unspecified atom stereocenters. The summed E-state index contributed by atoms with van der Waals surface area (Å²) in [5, 5.41) is 11.5. The highest BCUT2D eigenvalue weighted by Crippen LogP contribution is 2.27. The van der Waals surface area contributed by atoms with Crippen molar-refractivity contribution in [1.29, 1.82) is 0 Å². The Hall–Kier alpha value is -3.81. The van der Waals surface area contributed by atoms with Crippen molar-refractivity contribution in [1.82, 2.24) is 20.2 Å². The van der Waals surface area contributed by atoms with E-state index in [1.54, 1.807) is 13.3 Å². The molecule has 0 atom stereocenters. The molecule has 1 saturated heterocycles. The first-order valence-electron chi connectivity index (χ1n) is 10.4. The van der Waals surface area contributed by atoms with E-state index in [1.165, 1.54) is 11.3 Å². The van der Waals surface area contributed by atoms with E-state index in [-0.39, 0.29) is 0 Å². The van der Waals surface area contributed by atoms with E-state index in [4.69, 9.17) is 14.7 Å². The average Bonchev–Trinajstić information content (AvgIpc) is 3.30. The summed E-state index contributed by atoms with van der Waals surface area (Å²) in [5.41, 5.74) is 4.14. The van der Waals surface area contributed by atoms with Crippen molar-refractivity contribution in [3.05, 3.63) is 60.3 Å². The van der Waals surface area contributed by atoms with Gasteiger partial charge in [0.05, 0.1) is 18.7 Å². The Morgan fingerprint density at radius 3 is 2.32 bits per heavy atom. The van der Waals surface area contributed by atoms with Gasteiger partial charge >= 0.3 is 0 Å². The fourth-order valence-corrected chi connectivity index (χ4v) is 3.79. The highest BCUT2D eigenvalue weighted by atomic mass is 16.5. The minimum absolute atomic E-state index is 0.709. The molecule has 0 bridgehead atoms. The minimum Gasteiger partial charge on any atom is -0.497 e. The molecule has 158 valence electrons. The van der Waals surface area contributed by atoms with E-state index in [2.05, 4.69) is 68.6 Å². The summed E-state index contributed by atoms with van der Waals surface area (Å²) in [6.45, 7) is 5.56. The molecule has 8 heteroatoms. The third kappa shape index (κ3) is 3.96. The largest absolute Gasteiger partial charge is 0.497 e. The Balaban J connectivity index is 1.35. The Kier molecular flexibility index (Phi) is 5.03. The van der Waals surface area contributed by atoms with Crippen molar-refractivity contribution in [3.8, 4) is 5.75 Å². The van der Waals surface area contributed by atoms with Gasteiger partial charge in [-0.1, -0.05) is 17.7 Å². The second-order valence-corrected chi connectivity index (χ2v) is 7.67. The van der Waals surface area contributed by atoms with Crippen LogP contribution in [0.5, 0.6) is 5.75 Å². The zero-order valence-corrected chi connectivity index (χ0v) is 17.7. The first-order chi connectivity index (χ1) is 15.2. The zero-order valence-electron chi connectivity index (χ0n) is 17.7. The Morgan fingerprint density at radius 2 is 1.61 bits per heavy atom. The fraction of sp³-hybridized carbons (Fsp3) is 0.261. The Labute approximate surface area is 180 Å². The molecule has 2 aromatic carbocycles. The molecule has 0 spiro atoms. The fourth-order valence-electron chi connectivity index (χ4n) is 3.79. The topological polar surface area (TPSA) is 82.2 Å². The highest BCUT2D eigenvalue weighted by molar-refractivity contribution is 5.89. The molecule has 2 N–H and O–H groups in total. The lowest BCUT2D eigenvalue weighted by molar-refractivity contribution is 0.415. The predicted octanol–water partition coefficient (Wildman–Crippen LogP) is 3.74. The van der Waals surface area contributed by atoms with Crippen molar-refractivity contribution in [3.63, 3.8) is 0 Å². The van der Waals surface area contributed by atoms with E-state index >= 15 is 0 Å². The Morgan fingerprint density at radius 1 is 0.903 bits per heavy atom. The van der Waals surface area contributed by atoms with Crippen LogP contribution >= 0.6 is 0 Å². The van der Waals surface area contributed by atoms with Crippen molar-refractivity contribution in [2.24, 2.45) is 0 Å². The number of piperazine rings is 1. The van der Waals surface area contributed by atoms with Gasteiger partial charge in [0, 0.05) is 37.6 Å². The van der Waals surface area contributed by atoms with E-state index in [0.717, 1.165) is 54.5 Å². The number of benzene rings is 2. The maximum atomic E-state index is 5.26. The van der Waals surface area contributed by atoms with Gasteiger partial charge in [-0.3, -0.25) is 5.10 Å². The molecule has 8 nitrogen and oxygen atoms in total.